The monoisotopic (exact) mass is 466 g/mol. The highest BCUT2D eigenvalue weighted by Crippen LogP contribution is 2.35. The Morgan fingerprint density at radius 3 is 2.41 bits per heavy atom. The molecule has 0 radical (unpaired) electrons. The van der Waals surface area contributed by atoms with Gasteiger partial charge in [0.05, 0.1) is 4.90 Å². The third-order valence-electron chi connectivity index (χ3n) is 5.81. The number of fused-ring (bicyclic) bond motifs is 3. The van der Waals surface area contributed by atoms with Crippen LogP contribution in [0.25, 0.3) is 21.9 Å². The number of nitrogens with zero attached hydrogens (tertiary/aromatic N) is 1. The molecular weight excluding hydrogens is 442 g/mol. The van der Waals surface area contributed by atoms with Gasteiger partial charge in [-0.25, -0.2) is 17.2 Å². The second-order valence-electron chi connectivity index (χ2n) is 8.46. The summed E-state index contributed by atoms with van der Waals surface area (Å²) in [4.78, 5) is 13.2. The Labute approximate surface area is 184 Å². The number of carbonyl (C=O) groups is 1. The first-order valence-electron chi connectivity index (χ1n) is 10.3. The van der Waals surface area contributed by atoms with Gasteiger partial charge in [0.15, 0.2) is 0 Å². The van der Waals surface area contributed by atoms with Crippen molar-refractivity contribution in [2.45, 2.75) is 43.5 Å². The molecule has 0 unspecified atom stereocenters. The zero-order valence-electron chi connectivity index (χ0n) is 17.6. The van der Waals surface area contributed by atoms with E-state index in [1.165, 1.54) is 12.1 Å². The average Bonchev–Trinajstić information content (AvgIpc) is 3.08. The highest BCUT2D eigenvalue weighted by atomic mass is 32.2. The molecule has 1 aromatic heterocycles. The van der Waals surface area contributed by atoms with Gasteiger partial charge >= 0.3 is 5.97 Å². The molecule has 1 aliphatic rings. The van der Waals surface area contributed by atoms with Gasteiger partial charge in [-0.2, -0.15) is 4.72 Å². The summed E-state index contributed by atoms with van der Waals surface area (Å²) in [5, 5.41) is 10.7. The van der Waals surface area contributed by atoms with Gasteiger partial charge in [-0.3, -0.25) is 4.79 Å². The zero-order chi connectivity index (χ0) is 23.3. The van der Waals surface area contributed by atoms with E-state index in [1.807, 2.05) is 11.0 Å². The van der Waals surface area contributed by atoms with Crippen LogP contribution in [0.1, 0.15) is 26.7 Å². The van der Waals surface area contributed by atoms with E-state index in [4.69, 9.17) is 4.42 Å². The number of carboxylic acids is 1. The Bertz CT molecular complexity index is 1280. The van der Waals surface area contributed by atoms with E-state index in [-0.39, 0.29) is 30.8 Å². The minimum Gasteiger partial charge on any atom is -0.480 e. The van der Waals surface area contributed by atoms with Crippen LogP contribution in [0.4, 0.5) is 14.5 Å². The molecule has 1 saturated heterocycles. The maximum Gasteiger partial charge on any atom is 0.322 e. The second kappa shape index (κ2) is 8.00. The first-order chi connectivity index (χ1) is 15.0. The van der Waals surface area contributed by atoms with E-state index in [0.717, 1.165) is 11.1 Å². The van der Waals surface area contributed by atoms with Crippen molar-refractivity contribution in [2.24, 2.45) is 5.92 Å². The van der Waals surface area contributed by atoms with Gasteiger partial charge in [0.1, 0.15) is 17.2 Å². The van der Waals surface area contributed by atoms with Crippen molar-refractivity contribution >= 4 is 43.6 Å². The van der Waals surface area contributed by atoms with Crippen LogP contribution in [0, 0.1) is 5.92 Å². The van der Waals surface area contributed by atoms with Gasteiger partial charge in [0.2, 0.25) is 10.0 Å². The normalized spacial score (nSPS) is 17.8. The van der Waals surface area contributed by atoms with Crippen molar-refractivity contribution in [1.29, 1.82) is 0 Å². The number of carboxylic acid groups (broad SMARTS) is 1. The fraction of sp³-hybridized carbons (Fsp3) is 0.409. The first kappa shape index (κ1) is 22.5. The van der Waals surface area contributed by atoms with Crippen LogP contribution in [-0.4, -0.2) is 44.5 Å². The Morgan fingerprint density at radius 1 is 1.09 bits per heavy atom. The zero-order valence-corrected chi connectivity index (χ0v) is 18.5. The topological polar surface area (TPSA) is 99.9 Å². The molecule has 0 spiro atoms. The molecule has 2 aromatic carbocycles. The number of piperidine rings is 1. The molecule has 3 aromatic rings. The van der Waals surface area contributed by atoms with E-state index < -0.39 is 33.9 Å². The van der Waals surface area contributed by atoms with Crippen molar-refractivity contribution in [3.8, 4) is 0 Å². The lowest BCUT2D eigenvalue weighted by Gasteiger charge is -2.33. The molecule has 7 nitrogen and oxygen atoms in total. The summed E-state index contributed by atoms with van der Waals surface area (Å²) in [6.07, 6.45) is -0.391. The lowest BCUT2D eigenvalue weighted by Crippen LogP contribution is -2.44. The van der Waals surface area contributed by atoms with E-state index in [9.17, 15) is 27.1 Å². The summed E-state index contributed by atoms with van der Waals surface area (Å²) < 4.78 is 60.5. The van der Waals surface area contributed by atoms with Crippen molar-refractivity contribution in [3.05, 3.63) is 36.4 Å². The van der Waals surface area contributed by atoms with Crippen LogP contribution in [0.15, 0.2) is 45.7 Å². The van der Waals surface area contributed by atoms with Crippen molar-refractivity contribution < 1.29 is 31.5 Å². The lowest BCUT2D eigenvalue weighted by molar-refractivity contribution is -0.140. The predicted octanol–water partition coefficient (Wildman–Crippen LogP) is 4.21. The van der Waals surface area contributed by atoms with Crippen LogP contribution in [0.2, 0.25) is 0 Å². The Kier molecular flexibility index (Phi) is 5.62. The first-order valence-corrected chi connectivity index (χ1v) is 11.8. The van der Waals surface area contributed by atoms with Gasteiger partial charge in [-0.1, -0.05) is 13.8 Å². The summed E-state index contributed by atoms with van der Waals surface area (Å²) >= 11 is 0. The van der Waals surface area contributed by atoms with Crippen molar-refractivity contribution in [3.63, 3.8) is 0 Å². The highest BCUT2D eigenvalue weighted by molar-refractivity contribution is 7.89. The van der Waals surface area contributed by atoms with E-state index in [2.05, 4.69) is 4.72 Å². The molecule has 0 aliphatic carbocycles. The third-order valence-corrected chi connectivity index (χ3v) is 7.25. The minimum absolute atomic E-state index is 0.102. The van der Waals surface area contributed by atoms with Crippen LogP contribution < -0.4 is 9.62 Å². The standard InChI is InChI=1S/C22H24F2N2O5S/c1-13(2)20(21(27)28)25-32(29,30)15-4-5-16-17-11-14(3-6-18(17)31-19(16)12-15)26-9-7-22(23,24)8-10-26/h3-6,11-13,20,25H,7-10H2,1-2H3,(H,27,28)/t20-/m0/s1. The van der Waals surface area contributed by atoms with Gasteiger partial charge in [0.25, 0.3) is 5.92 Å². The van der Waals surface area contributed by atoms with Gasteiger partial charge in [-0.15, -0.1) is 0 Å². The fourth-order valence-electron chi connectivity index (χ4n) is 3.91. The van der Waals surface area contributed by atoms with Gasteiger partial charge in [0, 0.05) is 48.5 Å². The molecule has 1 fully saturated rings. The maximum absolute atomic E-state index is 13.5. The highest BCUT2D eigenvalue weighted by Gasteiger charge is 2.34. The number of aliphatic carboxylic acids is 1. The number of hydrogen-bond acceptors (Lipinski definition) is 5. The molecule has 1 atom stereocenters. The molecule has 2 N–H and O–H groups in total. The number of anilines is 1. The molecular formula is C22H24F2N2O5S. The summed E-state index contributed by atoms with van der Waals surface area (Å²) in [5.41, 5.74) is 1.68. The summed E-state index contributed by atoms with van der Waals surface area (Å²) in [6, 6.07) is 8.50. The lowest BCUT2D eigenvalue weighted by atomic mass is 10.1. The molecule has 32 heavy (non-hydrogen) atoms. The molecule has 0 bridgehead atoms. The number of sulfonamides is 1. The van der Waals surface area contributed by atoms with Crippen LogP contribution in [0.3, 0.4) is 0 Å². The summed E-state index contributed by atoms with van der Waals surface area (Å²) in [5.74, 6) is -4.32. The van der Waals surface area contributed by atoms with Gasteiger partial charge in [-0.05, 0) is 36.2 Å². The Balaban J connectivity index is 1.67. The van der Waals surface area contributed by atoms with E-state index >= 15 is 0 Å². The van der Waals surface area contributed by atoms with Crippen LogP contribution in [0.5, 0.6) is 0 Å². The Hall–Kier alpha value is -2.72. The van der Waals surface area contributed by atoms with Crippen LogP contribution in [-0.2, 0) is 14.8 Å². The number of halogens is 2. The molecule has 172 valence electrons. The number of alkyl halides is 2. The molecule has 4 rings (SSSR count). The molecule has 10 heteroatoms. The van der Waals surface area contributed by atoms with Crippen molar-refractivity contribution in [1.82, 2.24) is 4.72 Å². The smallest absolute Gasteiger partial charge is 0.322 e. The largest absolute Gasteiger partial charge is 0.480 e. The molecule has 2 heterocycles. The number of rotatable bonds is 6. The Morgan fingerprint density at radius 2 is 1.78 bits per heavy atom. The molecule has 0 amide bonds. The molecule has 0 saturated carbocycles. The number of furan rings is 1. The molecule has 1 aliphatic heterocycles. The van der Waals surface area contributed by atoms with Crippen molar-refractivity contribution in [2.75, 3.05) is 18.0 Å². The number of hydrogen-bond donors (Lipinski definition) is 2. The van der Waals surface area contributed by atoms with Crippen LogP contribution >= 0.6 is 0 Å². The number of benzene rings is 2. The third kappa shape index (κ3) is 4.29. The minimum atomic E-state index is -4.08. The van der Waals surface area contributed by atoms with E-state index in [0.29, 0.717) is 16.6 Å². The SMILES string of the molecule is CC(C)[C@H](NS(=O)(=O)c1ccc2c(c1)oc1ccc(N3CCC(F)(F)CC3)cc12)C(=O)O. The quantitative estimate of drug-likeness (QED) is 0.565. The van der Waals surface area contributed by atoms with E-state index in [1.54, 1.807) is 32.0 Å². The second-order valence-corrected chi connectivity index (χ2v) is 10.2. The summed E-state index contributed by atoms with van der Waals surface area (Å²) in [6.45, 7) is 3.74. The average molecular weight is 467 g/mol. The van der Waals surface area contributed by atoms with Gasteiger partial charge < -0.3 is 14.4 Å². The maximum atomic E-state index is 13.5. The summed E-state index contributed by atoms with van der Waals surface area (Å²) in [7, 11) is -4.08. The fourth-order valence-corrected chi connectivity index (χ4v) is 5.26. The number of nitrogens with one attached hydrogen (secondary N) is 1. The predicted molar refractivity (Wildman–Crippen MR) is 117 cm³/mol.